The summed E-state index contributed by atoms with van der Waals surface area (Å²) in [4.78, 5) is 59.9. The number of ether oxygens (including phenoxy) is 5. The fourth-order valence-electron chi connectivity index (χ4n) is 7.06. The van der Waals surface area contributed by atoms with Gasteiger partial charge >= 0.3 is 5.97 Å². The van der Waals surface area contributed by atoms with Crippen molar-refractivity contribution in [2.24, 2.45) is 5.92 Å². The van der Waals surface area contributed by atoms with Crippen LogP contribution in [0, 0.1) is 5.92 Å². The van der Waals surface area contributed by atoms with E-state index >= 15 is 0 Å². The lowest BCUT2D eigenvalue weighted by Crippen LogP contribution is -2.70. The number of amides is 3. The van der Waals surface area contributed by atoms with Crippen LogP contribution in [-0.4, -0.2) is 93.0 Å². The second-order valence-electron chi connectivity index (χ2n) is 13.0. The van der Waals surface area contributed by atoms with Crippen LogP contribution < -0.4 is 29.2 Å². The molecule has 0 spiro atoms. The number of methoxy groups -OCH3 is 3. The zero-order valence-electron chi connectivity index (χ0n) is 30.4. The van der Waals surface area contributed by atoms with Crippen LogP contribution in [0.2, 0.25) is 0 Å². The molecule has 13 nitrogen and oxygen atoms in total. The molecule has 1 fully saturated rings. The lowest BCUT2D eigenvalue weighted by Gasteiger charge is -2.51. The number of hydrogen-bond donors (Lipinski definition) is 2. The molecule has 1 unspecified atom stereocenters. The first-order valence-electron chi connectivity index (χ1n) is 17.4. The summed E-state index contributed by atoms with van der Waals surface area (Å²) in [7, 11) is 4.53. The summed E-state index contributed by atoms with van der Waals surface area (Å²) >= 11 is 0. The van der Waals surface area contributed by atoms with Crippen molar-refractivity contribution in [3.05, 3.63) is 77.4 Å². The van der Waals surface area contributed by atoms with Crippen molar-refractivity contribution in [2.75, 3.05) is 46.0 Å². The molecule has 2 aliphatic rings. The molecule has 4 atom stereocenters. The SMILES string of the molecule is CCOC(=O)CC1[C@@H]2[C@@H](NC(=O)c3ccc(OC)c(OC)c3)c3cc(OCCCO)ccc3N2C(=O)[C@H](C(C)C)N1C(=O)Cc1ccc(OC)cc1. The van der Waals surface area contributed by atoms with Gasteiger partial charge < -0.3 is 43.9 Å². The highest BCUT2D eigenvalue weighted by atomic mass is 16.5. The average molecular weight is 718 g/mol. The minimum Gasteiger partial charge on any atom is -0.497 e. The molecule has 0 bridgehead atoms. The number of aliphatic hydroxyl groups excluding tert-OH is 1. The number of piperazine rings is 1. The normalized spacial score (nSPS) is 19.1. The predicted molar refractivity (Wildman–Crippen MR) is 192 cm³/mol. The summed E-state index contributed by atoms with van der Waals surface area (Å²) in [6, 6.07) is 13.5. The van der Waals surface area contributed by atoms with Gasteiger partial charge in [0.25, 0.3) is 5.91 Å². The van der Waals surface area contributed by atoms with Crippen LogP contribution in [0.5, 0.6) is 23.0 Å². The molecule has 3 aromatic carbocycles. The third-order valence-electron chi connectivity index (χ3n) is 9.39. The highest BCUT2D eigenvalue weighted by Crippen LogP contribution is 2.48. The molecule has 278 valence electrons. The number of aliphatic hydroxyl groups is 1. The van der Waals surface area contributed by atoms with E-state index in [1.54, 1.807) is 79.6 Å². The van der Waals surface area contributed by atoms with E-state index in [0.29, 0.717) is 46.2 Å². The fraction of sp³-hybridized carbons (Fsp3) is 0.436. The van der Waals surface area contributed by atoms with Crippen molar-refractivity contribution in [3.8, 4) is 23.0 Å². The summed E-state index contributed by atoms with van der Waals surface area (Å²) < 4.78 is 27.4. The van der Waals surface area contributed by atoms with Crippen LogP contribution >= 0.6 is 0 Å². The molecule has 2 N–H and O–H groups in total. The minimum atomic E-state index is -0.921. The Bertz CT molecular complexity index is 1760. The van der Waals surface area contributed by atoms with Crippen molar-refractivity contribution in [2.45, 2.75) is 64.2 Å². The number of rotatable bonds is 15. The Morgan fingerprint density at radius 1 is 0.904 bits per heavy atom. The maximum atomic E-state index is 14.8. The van der Waals surface area contributed by atoms with Gasteiger partial charge in [0, 0.05) is 29.8 Å². The van der Waals surface area contributed by atoms with E-state index in [2.05, 4.69) is 5.32 Å². The average Bonchev–Trinajstić information content (AvgIpc) is 3.45. The molecule has 13 heteroatoms. The first-order valence-corrected chi connectivity index (χ1v) is 17.4. The lowest BCUT2D eigenvalue weighted by molar-refractivity contribution is -0.154. The molecule has 3 amide bonds. The number of hydrogen-bond acceptors (Lipinski definition) is 10. The molecule has 1 saturated heterocycles. The first kappa shape index (κ1) is 37.9. The molecule has 5 rings (SSSR count). The standard InChI is InChI=1S/C39H47N3O10/c1-7-51-34(45)22-30-37-35(40-38(46)25-11-16-31(49-5)32(20-25)50-6)28-21-27(52-18-8-17-43)14-15-29(28)42(37)39(47)36(23(2)3)41(30)33(44)19-24-9-12-26(48-4)13-10-24/h9-16,20-21,23,30,35-37,43H,7-8,17-19,22H2,1-6H3,(H,40,46)/t30?,35-,36-,37+/m0/s1. The third kappa shape index (κ3) is 7.79. The first-order chi connectivity index (χ1) is 25.1. The molecule has 0 aliphatic carbocycles. The molecule has 2 heterocycles. The van der Waals surface area contributed by atoms with Crippen LogP contribution in [-0.2, 0) is 25.5 Å². The van der Waals surface area contributed by atoms with Crippen molar-refractivity contribution >= 4 is 29.4 Å². The van der Waals surface area contributed by atoms with Crippen LogP contribution in [0.1, 0.15) is 61.1 Å². The van der Waals surface area contributed by atoms with Crippen LogP contribution in [0.4, 0.5) is 5.69 Å². The maximum Gasteiger partial charge on any atom is 0.307 e. The van der Waals surface area contributed by atoms with E-state index in [-0.39, 0.29) is 56.0 Å². The van der Waals surface area contributed by atoms with E-state index in [1.165, 1.54) is 19.1 Å². The van der Waals surface area contributed by atoms with Gasteiger partial charge in [0.2, 0.25) is 11.8 Å². The number of carbonyl (C=O) groups excluding carboxylic acids is 4. The van der Waals surface area contributed by atoms with Gasteiger partial charge in [-0.05, 0) is 66.9 Å². The Morgan fingerprint density at radius 2 is 1.62 bits per heavy atom. The van der Waals surface area contributed by atoms with Gasteiger partial charge in [-0.3, -0.25) is 19.2 Å². The molecule has 52 heavy (non-hydrogen) atoms. The number of carbonyl (C=O) groups is 4. The van der Waals surface area contributed by atoms with Gasteiger partial charge in [0.1, 0.15) is 17.5 Å². The third-order valence-corrected chi connectivity index (χ3v) is 9.39. The zero-order chi connectivity index (χ0) is 37.5. The van der Waals surface area contributed by atoms with E-state index < -0.39 is 36.0 Å². The highest BCUT2D eigenvalue weighted by Gasteiger charge is 2.57. The van der Waals surface area contributed by atoms with Crippen molar-refractivity contribution < 1.29 is 48.0 Å². The largest absolute Gasteiger partial charge is 0.497 e. The van der Waals surface area contributed by atoms with E-state index in [1.807, 2.05) is 13.8 Å². The Hall–Kier alpha value is -5.30. The van der Waals surface area contributed by atoms with Crippen molar-refractivity contribution in [3.63, 3.8) is 0 Å². The Balaban J connectivity index is 1.63. The molecule has 0 saturated carbocycles. The van der Waals surface area contributed by atoms with Crippen LogP contribution in [0.3, 0.4) is 0 Å². The van der Waals surface area contributed by atoms with Gasteiger partial charge in [-0.15, -0.1) is 0 Å². The number of nitrogens with zero attached hydrogens (tertiary/aromatic N) is 2. The van der Waals surface area contributed by atoms with Crippen LogP contribution in [0.25, 0.3) is 0 Å². The summed E-state index contributed by atoms with van der Waals surface area (Å²) in [5.41, 5.74) is 2.08. The number of nitrogens with one attached hydrogen (secondary N) is 1. The number of fused-ring (bicyclic) bond motifs is 3. The molecular formula is C39H47N3O10. The highest BCUT2D eigenvalue weighted by molar-refractivity contribution is 6.05. The Morgan fingerprint density at radius 3 is 2.25 bits per heavy atom. The molecule has 3 aromatic rings. The summed E-state index contributed by atoms with van der Waals surface area (Å²) in [5, 5.41) is 12.4. The van der Waals surface area contributed by atoms with Gasteiger partial charge in [0.05, 0.1) is 65.5 Å². The lowest BCUT2D eigenvalue weighted by atomic mass is 9.86. The van der Waals surface area contributed by atoms with Gasteiger partial charge in [-0.25, -0.2) is 0 Å². The summed E-state index contributed by atoms with van der Waals surface area (Å²) in [6.45, 7) is 5.76. The molecule has 0 aromatic heterocycles. The van der Waals surface area contributed by atoms with E-state index in [0.717, 1.165) is 0 Å². The topological polar surface area (TPSA) is 153 Å². The zero-order valence-corrected chi connectivity index (χ0v) is 30.4. The number of anilines is 1. The van der Waals surface area contributed by atoms with Crippen molar-refractivity contribution in [1.82, 2.24) is 10.2 Å². The van der Waals surface area contributed by atoms with Gasteiger partial charge in [-0.2, -0.15) is 0 Å². The Labute approximate surface area is 303 Å². The quantitative estimate of drug-likeness (QED) is 0.174. The van der Waals surface area contributed by atoms with Crippen molar-refractivity contribution in [1.29, 1.82) is 0 Å². The second kappa shape index (κ2) is 16.8. The summed E-state index contributed by atoms with van der Waals surface area (Å²) in [6.07, 6.45) is 0.147. The summed E-state index contributed by atoms with van der Waals surface area (Å²) in [5.74, 6) is -0.124. The van der Waals surface area contributed by atoms with Gasteiger partial charge in [0.15, 0.2) is 11.5 Å². The Kier molecular flexibility index (Phi) is 12.3. The predicted octanol–water partition coefficient (Wildman–Crippen LogP) is 4.09. The minimum absolute atomic E-state index is 0.0367. The maximum absolute atomic E-state index is 14.8. The smallest absolute Gasteiger partial charge is 0.307 e. The van der Waals surface area contributed by atoms with E-state index in [4.69, 9.17) is 23.7 Å². The van der Waals surface area contributed by atoms with Gasteiger partial charge in [-0.1, -0.05) is 26.0 Å². The van der Waals surface area contributed by atoms with E-state index in [9.17, 15) is 24.3 Å². The number of esters is 1. The van der Waals surface area contributed by atoms with Crippen LogP contribution in [0.15, 0.2) is 60.7 Å². The monoisotopic (exact) mass is 717 g/mol. The molecule has 2 aliphatic heterocycles. The second-order valence-corrected chi connectivity index (χ2v) is 13.0. The molecule has 0 radical (unpaired) electrons. The molecular weight excluding hydrogens is 670 g/mol. The number of benzene rings is 3. The fourth-order valence-corrected chi connectivity index (χ4v) is 7.06.